The predicted octanol–water partition coefficient (Wildman–Crippen LogP) is 3.08. The Labute approximate surface area is 149 Å². The van der Waals surface area contributed by atoms with Gasteiger partial charge in [0.1, 0.15) is 0 Å². The molecule has 1 saturated heterocycles. The lowest BCUT2D eigenvalue weighted by Gasteiger charge is -2.40. The van der Waals surface area contributed by atoms with Gasteiger partial charge in [-0.1, -0.05) is 19.3 Å². The van der Waals surface area contributed by atoms with Crippen molar-refractivity contribution in [3.8, 4) is 0 Å². The van der Waals surface area contributed by atoms with Crippen molar-refractivity contribution < 1.29 is 9.90 Å². The predicted molar refractivity (Wildman–Crippen MR) is 98.1 cm³/mol. The number of aliphatic hydroxyl groups is 1. The van der Waals surface area contributed by atoms with Crippen molar-refractivity contribution in [2.75, 3.05) is 19.6 Å². The third kappa shape index (κ3) is 4.38. The summed E-state index contributed by atoms with van der Waals surface area (Å²) >= 11 is 1.76. The molecule has 1 aliphatic carbocycles. The molecule has 24 heavy (non-hydrogen) atoms. The molecular formula is C19H30N2O2S. The van der Waals surface area contributed by atoms with Crippen molar-refractivity contribution in [2.45, 2.75) is 64.0 Å². The molecule has 2 aliphatic rings. The van der Waals surface area contributed by atoms with E-state index >= 15 is 0 Å². The average molecular weight is 351 g/mol. The van der Waals surface area contributed by atoms with E-state index in [1.165, 1.54) is 41.9 Å². The van der Waals surface area contributed by atoms with Crippen molar-refractivity contribution >= 4 is 17.2 Å². The fraction of sp³-hybridized carbons (Fsp3) is 0.737. The molecule has 3 rings (SSSR count). The first kappa shape index (κ1) is 17.9. The zero-order valence-electron chi connectivity index (χ0n) is 14.7. The minimum absolute atomic E-state index is 0.0609. The summed E-state index contributed by atoms with van der Waals surface area (Å²) < 4.78 is 0. The Bertz CT molecular complexity index is 553. The lowest BCUT2D eigenvalue weighted by molar-refractivity contribution is -0.157. The standard InChI is InChI=1S/C19H30N2O2S/c1-15-8-9-17(24-15)12-20-14-19(23)10-5-11-21(18(19)22)13-16-6-3-2-4-7-16/h8-9,16,20,23H,2-7,10-14H2,1H3/t19-/m1/s1. The molecule has 0 radical (unpaired) electrons. The van der Waals surface area contributed by atoms with Gasteiger partial charge in [0.15, 0.2) is 5.60 Å². The summed E-state index contributed by atoms with van der Waals surface area (Å²) in [7, 11) is 0. The quantitative estimate of drug-likeness (QED) is 0.829. The molecule has 2 N–H and O–H groups in total. The van der Waals surface area contributed by atoms with Gasteiger partial charge in [0.05, 0.1) is 0 Å². The van der Waals surface area contributed by atoms with Crippen LogP contribution in [-0.4, -0.2) is 41.1 Å². The van der Waals surface area contributed by atoms with E-state index in [0.29, 0.717) is 18.9 Å². The summed E-state index contributed by atoms with van der Waals surface area (Å²) in [6, 6.07) is 4.21. The van der Waals surface area contributed by atoms with Crippen molar-refractivity contribution in [1.29, 1.82) is 0 Å². The van der Waals surface area contributed by atoms with Crippen LogP contribution in [0.3, 0.4) is 0 Å². The normalized spacial score (nSPS) is 26.1. The Kier molecular flexibility index (Phi) is 5.95. The van der Waals surface area contributed by atoms with E-state index in [-0.39, 0.29) is 5.91 Å². The third-order valence-corrected chi connectivity index (χ3v) is 6.42. The maximum Gasteiger partial charge on any atom is 0.255 e. The van der Waals surface area contributed by atoms with Crippen molar-refractivity contribution in [1.82, 2.24) is 10.2 Å². The number of amides is 1. The van der Waals surface area contributed by atoms with Crippen LogP contribution >= 0.6 is 11.3 Å². The van der Waals surface area contributed by atoms with Crippen LogP contribution in [0.2, 0.25) is 0 Å². The van der Waals surface area contributed by atoms with Crippen molar-refractivity contribution in [3.63, 3.8) is 0 Å². The van der Waals surface area contributed by atoms with Gasteiger partial charge in [-0.25, -0.2) is 0 Å². The Balaban J connectivity index is 1.52. The number of thiophene rings is 1. The topological polar surface area (TPSA) is 52.6 Å². The smallest absolute Gasteiger partial charge is 0.255 e. The van der Waals surface area contributed by atoms with Crippen LogP contribution < -0.4 is 5.32 Å². The Hall–Kier alpha value is -0.910. The number of aryl methyl sites for hydroxylation is 1. The zero-order valence-corrected chi connectivity index (χ0v) is 15.5. The molecule has 0 spiro atoms. The Morgan fingerprint density at radius 2 is 2.08 bits per heavy atom. The molecule has 0 aromatic carbocycles. The minimum Gasteiger partial charge on any atom is -0.379 e. The van der Waals surface area contributed by atoms with Gasteiger partial charge >= 0.3 is 0 Å². The molecule has 134 valence electrons. The fourth-order valence-corrected chi connectivity index (χ4v) is 4.92. The van der Waals surface area contributed by atoms with Crippen LogP contribution in [0.4, 0.5) is 0 Å². The van der Waals surface area contributed by atoms with Crippen LogP contribution in [0, 0.1) is 12.8 Å². The van der Waals surface area contributed by atoms with Crippen LogP contribution in [0.1, 0.15) is 54.7 Å². The summed E-state index contributed by atoms with van der Waals surface area (Å²) in [5.41, 5.74) is -1.22. The summed E-state index contributed by atoms with van der Waals surface area (Å²) in [5.74, 6) is 0.571. The first-order valence-electron chi connectivity index (χ1n) is 9.35. The summed E-state index contributed by atoms with van der Waals surface area (Å²) in [4.78, 5) is 17.3. The SMILES string of the molecule is Cc1ccc(CNC[C@]2(O)CCCN(CC3CCCCC3)C2=O)s1. The Morgan fingerprint density at radius 3 is 2.79 bits per heavy atom. The van der Waals surface area contributed by atoms with Gasteiger partial charge in [0, 0.05) is 35.9 Å². The van der Waals surface area contributed by atoms with Gasteiger partial charge in [-0.3, -0.25) is 4.79 Å². The largest absolute Gasteiger partial charge is 0.379 e. The first-order valence-corrected chi connectivity index (χ1v) is 10.2. The van der Waals surface area contributed by atoms with Crippen LogP contribution in [0.5, 0.6) is 0 Å². The Morgan fingerprint density at radius 1 is 1.29 bits per heavy atom. The number of piperidine rings is 1. The van der Waals surface area contributed by atoms with E-state index in [1.54, 1.807) is 11.3 Å². The average Bonchev–Trinajstić information content (AvgIpc) is 2.98. The van der Waals surface area contributed by atoms with Gasteiger partial charge in [-0.2, -0.15) is 0 Å². The second-order valence-electron chi connectivity index (χ2n) is 7.51. The van der Waals surface area contributed by atoms with Crippen molar-refractivity contribution in [2.24, 2.45) is 5.92 Å². The highest BCUT2D eigenvalue weighted by Gasteiger charge is 2.42. The number of hydrogen-bond donors (Lipinski definition) is 2. The maximum absolute atomic E-state index is 12.8. The molecule has 2 heterocycles. The molecule has 1 atom stereocenters. The molecule has 1 aromatic heterocycles. The molecule has 1 aliphatic heterocycles. The van der Waals surface area contributed by atoms with Gasteiger partial charge in [-0.15, -0.1) is 11.3 Å². The number of hydrogen-bond acceptors (Lipinski definition) is 4. The van der Waals surface area contributed by atoms with E-state index in [1.807, 2.05) is 4.90 Å². The minimum atomic E-state index is -1.22. The molecule has 1 amide bonds. The van der Waals surface area contributed by atoms with E-state index in [2.05, 4.69) is 24.4 Å². The molecule has 5 heteroatoms. The summed E-state index contributed by atoms with van der Waals surface area (Å²) in [5, 5.41) is 14.2. The summed E-state index contributed by atoms with van der Waals surface area (Å²) in [6.45, 7) is 4.81. The van der Waals surface area contributed by atoms with Crippen LogP contribution in [0.15, 0.2) is 12.1 Å². The molecule has 0 bridgehead atoms. The first-order chi connectivity index (χ1) is 11.6. The second-order valence-corrected chi connectivity index (χ2v) is 8.88. The number of likely N-dealkylation sites (tertiary alicyclic amines) is 1. The highest BCUT2D eigenvalue weighted by molar-refractivity contribution is 7.11. The number of carbonyl (C=O) groups excluding carboxylic acids is 1. The van der Waals surface area contributed by atoms with E-state index in [4.69, 9.17) is 0 Å². The molecule has 1 saturated carbocycles. The maximum atomic E-state index is 12.8. The van der Waals surface area contributed by atoms with Crippen molar-refractivity contribution in [3.05, 3.63) is 21.9 Å². The molecule has 4 nitrogen and oxygen atoms in total. The van der Waals surface area contributed by atoms with Gasteiger partial charge in [0.25, 0.3) is 5.91 Å². The second kappa shape index (κ2) is 7.98. The lowest BCUT2D eigenvalue weighted by Crippen LogP contribution is -2.58. The van der Waals surface area contributed by atoms with Crippen LogP contribution in [0.25, 0.3) is 0 Å². The van der Waals surface area contributed by atoms with E-state index in [0.717, 1.165) is 26.1 Å². The zero-order chi connectivity index (χ0) is 17.0. The highest BCUT2D eigenvalue weighted by Crippen LogP contribution is 2.28. The van der Waals surface area contributed by atoms with Gasteiger partial charge in [0.2, 0.25) is 0 Å². The molecule has 1 aromatic rings. The molecule has 0 unspecified atom stereocenters. The van der Waals surface area contributed by atoms with Crippen LogP contribution in [-0.2, 0) is 11.3 Å². The summed E-state index contributed by atoms with van der Waals surface area (Å²) in [6.07, 6.45) is 7.85. The van der Waals surface area contributed by atoms with Gasteiger partial charge < -0.3 is 15.3 Å². The highest BCUT2D eigenvalue weighted by atomic mass is 32.1. The molecular weight excluding hydrogens is 320 g/mol. The fourth-order valence-electron chi connectivity index (χ4n) is 4.06. The van der Waals surface area contributed by atoms with Gasteiger partial charge in [-0.05, 0) is 50.7 Å². The monoisotopic (exact) mass is 350 g/mol. The lowest BCUT2D eigenvalue weighted by atomic mass is 9.86. The third-order valence-electron chi connectivity index (χ3n) is 5.42. The number of nitrogens with one attached hydrogen (secondary N) is 1. The van der Waals surface area contributed by atoms with E-state index in [9.17, 15) is 9.90 Å². The molecule has 2 fully saturated rings. The number of nitrogens with zero attached hydrogens (tertiary/aromatic N) is 1. The number of carbonyl (C=O) groups is 1. The van der Waals surface area contributed by atoms with E-state index < -0.39 is 5.60 Å². The number of rotatable bonds is 6.